The molecule has 98 valence electrons. The van der Waals surface area contributed by atoms with Crippen molar-refractivity contribution in [3.05, 3.63) is 5.82 Å². The molecule has 18 heavy (non-hydrogen) atoms. The zero-order valence-electron chi connectivity index (χ0n) is 10.1. The van der Waals surface area contributed by atoms with E-state index in [9.17, 15) is 14.7 Å². The third-order valence-corrected chi connectivity index (χ3v) is 3.53. The Morgan fingerprint density at radius 1 is 1.56 bits per heavy atom. The van der Waals surface area contributed by atoms with Gasteiger partial charge in [0.2, 0.25) is 0 Å². The molecule has 1 amide bonds. The van der Waals surface area contributed by atoms with E-state index >= 15 is 0 Å². The summed E-state index contributed by atoms with van der Waals surface area (Å²) in [5.41, 5.74) is -0.850. The first-order valence-electron chi connectivity index (χ1n) is 5.85. The number of carboxylic acids is 1. The summed E-state index contributed by atoms with van der Waals surface area (Å²) in [6.45, 7) is 2.56. The van der Waals surface area contributed by atoms with Crippen LogP contribution in [0.2, 0.25) is 0 Å². The Kier molecular flexibility index (Phi) is 3.26. The lowest BCUT2D eigenvalue weighted by Gasteiger charge is -2.38. The summed E-state index contributed by atoms with van der Waals surface area (Å²) in [4.78, 5) is 24.9. The smallest absolute Gasteiger partial charge is 0.311 e. The lowest BCUT2D eigenvalue weighted by Crippen LogP contribution is -2.49. The van der Waals surface area contributed by atoms with E-state index in [1.54, 1.807) is 0 Å². The van der Waals surface area contributed by atoms with Gasteiger partial charge in [0, 0.05) is 13.1 Å². The number of tetrazole rings is 1. The van der Waals surface area contributed by atoms with Crippen molar-refractivity contribution in [1.82, 2.24) is 25.5 Å². The number of aromatic amines is 1. The van der Waals surface area contributed by atoms with Crippen LogP contribution in [0.15, 0.2) is 0 Å². The fourth-order valence-electron chi connectivity index (χ4n) is 2.31. The Balaban J connectivity index is 2.16. The van der Waals surface area contributed by atoms with Crippen molar-refractivity contribution in [2.45, 2.75) is 26.2 Å². The highest BCUT2D eigenvalue weighted by molar-refractivity contribution is 5.90. The topological polar surface area (TPSA) is 112 Å². The van der Waals surface area contributed by atoms with Gasteiger partial charge in [-0.15, -0.1) is 10.2 Å². The zero-order valence-corrected chi connectivity index (χ0v) is 10.1. The predicted molar refractivity (Wildman–Crippen MR) is 59.7 cm³/mol. The minimum absolute atomic E-state index is 0.0210. The van der Waals surface area contributed by atoms with Crippen molar-refractivity contribution in [2.75, 3.05) is 13.1 Å². The number of piperidine rings is 1. The quantitative estimate of drug-likeness (QED) is 0.779. The monoisotopic (exact) mass is 253 g/mol. The number of aromatic nitrogens is 4. The van der Waals surface area contributed by atoms with Crippen LogP contribution < -0.4 is 0 Å². The molecule has 8 heteroatoms. The van der Waals surface area contributed by atoms with Crippen LogP contribution in [0.3, 0.4) is 0 Å². The molecule has 1 aliphatic heterocycles. The molecule has 1 atom stereocenters. The van der Waals surface area contributed by atoms with Gasteiger partial charge in [-0.1, -0.05) is 6.92 Å². The molecule has 1 unspecified atom stereocenters. The van der Waals surface area contributed by atoms with E-state index in [1.165, 1.54) is 4.90 Å². The Morgan fingerprint density at radius 2 is 2.33 bits per heavy atom. The van der Waals surface area contributed by atoms with Gasteiger partial charge in [0.05, 0.1) is 5.41 Å². The lowest BCUT2D eigenvalue weighted by atomic mass is 9.77. The molecular weight excluding hydrogens is 238 g/mol. The Morgan fingerprint density at radius 3 is 2.89 bits per heavy atom. The van der Waals surface area contributed by atoms with Gasteiger partial charge in [0.25, 0.3) is 11.7 Å². The Hall–Kier alpha value is -1.99. The highest BCUT2D eigenvalue weighted by atomic mass is 16.4. The first-order chi connectivity index (χ1) is 8.59. The summed E-state index contributed by atoms with van der Waals surface area (Å²) in [7, 11) is 0. The minimum atomic E-state index is -0.851. The van der Waals surface area contributed by atoms with Crippen LogP contribution in [0.1, 0.15) is 36.8 Å². The lowest BCUT2D eigenvalue weighted by molar-refractivity contribution is -0.152. The van der Waals surface area contributed by atoms with Gasteiger partial charge in [-0.3, -0.25) is 9.59 Å². The fraction of sp³-hybridized carbons (Fsp3) is 0.700. The van der Waals surface area contributed by atoms with Crippen LogP contribution in [-0.2, 0) is 4.79 Å². The van der Waals surface area contributed by atoms with E-state index in [4.69, 9.17) is 0 Å². The summed E-state index contributed by atoms with van der Waals surface area (Å²) in [5.74, 6) is -1.24. The number of amides is 1. The van der Waals surface area contributed by atoms with Crippen molar-refractivity contribution in [3.8, 4) is 0 Å². The maximum atomic E-state index is 12.0. The third kappa shape index (κ3) is 2.05. The summed E-state index contributed by atoms with van der Waals surface area (Å²) in [6, 6.07) is 0. The van der Waals surface area contributed by atoms with E-state index in [0.717, 1.165) is 0 Å². The van der Waals surface area contributed by atoms with Crippen molar-refractivity contribution < 1.29 is 14.7 Å². The number of carbonyl (C=O) groups is 2. The standard InChI is InChI=1S/C10H15N5O3/c1-2-10(9(17)18)4-3-5-15(6-10)8(16)7-11-13-14-12-7/h2-6H2,1H3,(H,17,18)(H,11,12,13,14). The van der Waals surface area contributed by atoms with Crippen molar-refractivity contribution >= 4 is 11.9 Å². The highest BCUT2D eigenvalue weighted by Gasteiger charge is 2.42. The first-order valence-corrected chi connectivity index (χ1v) is 5.85. The van der Waals surface area contributed by atoms with Gasteiger partial charge < -0.3 is 10.0 Å². The first kappa shape index (κ1) is 12.5. The Labute approximate surface area is 103 Å². The number of hydrogen-bond donors (Lipinski definition) is 2. The van der Waals surface area contributed by atoms with Gasteiger partial charge in [0.1, 0.15) is 0 Å². The molecule has 1 aromatic rings. The van der Waals surface area contributed by atoms with Gasteiger partial charge >= 0.3 is 5.97 Å². The molecule has 1 saturated heterocycles. The molecule has 2 N–H and O–H groups in total. The fourth-order valence-corrected chi connectivity index (χ4v) is 2.31. The molecule has 8 nitrogen and oxygen atoms in total. The molecule has 0 bridgehead atoms. The molecule has 2 rings (SSSR count). The second kappa shape index (κ2) is 4.71. The van der Waals surface area contributed by atoms with E-state index in [2.05, 4.69) is 20.6 Å². The minimum Gasteiger partial charge on any atom is -0.481 e. The average molecular weight is 253 g/mol. The normalized spacial score (nSPS) is 23.9. The Bertz CT molecular complexity index is 446. The molecule has 2 heterocycles. The van der Waals surface area contributed by atoms with Crippen molar-refractivity contribution in [1.29, 1.82) is 0 Å². The average Bonchev–Trinajstić information content (AvgIpc) is 2.91. The molecule has 1 aliphatic rings. The maximum absolute atomic E-state index is 12.0. The number of rotatable bonds is 3. The number of carbonyl (C=O) groups excluding carboxylic acids is 1. The maximum Gasteiger partial charge on any atom is 0.311 e. The van der Waals surface area contributed by atoms with Crippen molar-refractivity contribution in [2.24, 2.45) is 5.41 Å². The van der Waals surface area contributed by atoms with Crippen molar-refractivity contribution in [3.63, 3.8) is 0 Å². The molecule has 0 radical (unpaired) electrons. The van der Waals surface area contributed by atoms with Crippen LogP contribution >= 0.6 is 0 Å². The molecule has 0 aliphatic carbocycles. The highest BCUT2D eigenvalue weighted by Crippen LogP contribution is 2.33. The molecule has 0 spiro atoms. The van der Waals surface area contributed by atoms with Crippen LogP contribution in [0.5, 0.6) is 0 Å². The van der Waals surface area contributed by atoms with Crippen LogP contribution in [0.4, 0.5) is 0 Å². The largest absolute Gasteiger partial charge is 0.481 e. The predicted octanol–water partition coefficient (Wildman–Crippen LogP) is -0.0833. The van der Waals surface area contributed by atoms with Crippen LogP contribution in [0, 0.1) is 5.41 Å². The number of nitrogens with one attached hydrogen (secondary N) is 1. The summed E-state index contributed by atoms with van der Waals surface area (Å²) in [5, 5.41) is 22.1. The molecule has 0 aromatic carbocycles. The van der Waals surface area contributed by atoms with Gasteiger partial charge in [-0.2, -0.15) is 5.21 Å². The van der Waals surface area contributed by atoms with E-state index in [-0.39, 0.29) is 18.3 Å². The van der Waals surface area contributed by atoms with Crippen LogP contribution in [0.25, 0.3) is 0 Å². The number of H-pyrrole nitrogens is 1. The van der Waals surface area contributed by atoms with Gasteiger partial charge in [-0.25, -0.2) is 0 Å². The second-order valence-corrected chi connectivity index (χ2v) is 4.50. The second-order valence-electron chi connectivity index (χ2n) is 4.50. The third-order valence-electron chi connectivity index (χ3n) is 3.53. The number of carboxylic acid groups (broad SMARTS) is 1. The van der Waals surface area contributed by atoms with E-state index in [0.29, 0.717) is 25.8 Å². The molecular formula is C10H15N5O3. The van der Waals surface area contributed by atoms with E-state index < -0.39 is 11.4 Å². The number of likely N-dealkylation sites (tertiary alicyclic amines) is 1. The van der Waals surface area contributed by atoms with Gasteiger partial charge in [-0.05, 0) is 24.5 Å². The van der Waals surface area contributed by atoms with E-state index in [1.807, 2.05) is 6.92 Å². The SMILES string of the molecule is CCC1(C(=O)O)CCCN(C(=O)c2nn[nH]n2)C1. The summed E-state index contributed by atoms with van der Waals surface area (Å²) >= 11 is 0. The van der Waals surface area contributed by atoms with Crippen LogP contribution in [-0.4, -0.2) is 55.6 Å². The summed E-state index contributed by atoms with van der Waals surface area (Å²) in [6.07, 6.45) is 1.76. The number of aliphatic carboxylic acids is 1. The number of nitrogens with zero attached hydrogens (tertiary/aromatic N) is 4. The molecule has 0 saturated carbocycles. The molecule has 1 aromatic heterocycles. The summed E-state index contributed by atoms with van der Waals surface area (Å²) < 4.78 is 0. The zero-order chi connectivity index (χ0) is 13.2. The molecule has 1 fully saturated rings. The number of hydrogen-bond acceptors (Lipinski definition) is 5. The van der Waals surface area contributed by atoms with Gasteiger partial charge in [0.15, 0.2) is 0 Å².